The SMILES string of the molecule is C[C@@H]1Cc2c(C(=O)O)n[nH]c2C1(F)F. The van der Waals surface area contributed by atoms with Gasteiger partial charge in [0, 0.05) is 11.5 Å². The summed E-state index contributed by atoms with van der Waals surface area (Å²) >= 11 is 0. The molecule has 1 aromatic rings. The molecule has 1 aliphatic carbocycles. The standard InChI is InChI=1S/C8H8F2N2O2/c1-3-2-4-5(7(13)14)11-12-6(4)8(3,9)10/h3H,2H2,1H3,(H,11,12)(H,13,14)/t3-/m1/s1. The van der Waals surface area contributed by atoms with E-state index in [-0.39, 0.29) is 23.4 Å². The molecule has 0 fully saturated rings. The Hall–Kier alpha value is -1.46. The topological polar surface area (TPSA) is 66.0 Å². The van der Waals surface area contributed by atoms with Gasteiger partial charge in [-0.25, -0.2) is 4.79 Å². The minimum absolute atomic E-state index is 0.0560. The van der Waals surface area contributed by atoms with Crippen molar-refractivity contribution in [3.05, 3.63) is 17.0 Å². The van der Waals surface area contributed by atoms with Crippen molar-refractivity contribution in [2.24, 2.45) is 5.92 Å². The fourth-order valence-corrected chi connectivity index (χ4v) is 1.70. The Balaban J connectivity index is 2.55. The van der Waals surface area contributed by atoms with Crippen LogP contribution in [0.15, 0.2) is 0 Å². The van der Waals surface area contributed by atoms with Gasteiger partial charge in [0.2, 0.25) is 0 Å². The Morgan fingerprint density at radius 3 is 2.93 bits per heavy atom. The van der Waals surface area contributed by atoms with Gasteiger partial charge in [0.05, 0.1) is 0 Å². The maximum absolute atomic E-state index is 13.3. The highest BCUT2D eigenvalue weighted by Crippen LogP contribution is 2.45. The van der Waals surface area contributed by atoms with Gasteiger partial charge in [-0.2, -0.15) is 13.9 Å². The van der Waals surface area contributed by atoms with Crippen LogP contribution in [0.25, 0.3) is 0 Å². The first kappa shape index (κ1) is 9.11. The average molecular weight is 202 g/mol. The zero-order valence-corrected chi connectivity index (χ0v) is 7.34. The molecule has 0 spiro atoms. The van der Waals surface area contributed by atoms with E-state index >= 15 is 0 Å². The van der Waals surface area contributed by atoms with E-state index in [0.29, 0.717) is 0 Å². The molecule has 0 aromatic carbocycles. The first-order chi connectivity index (χ1) is 6.44. The number of H-pyrrole nitrogens is 1. The number of nitrogens with zero attached hydrogens (tertiary/aromatic N) is 1. The molecule has 1 aromatic heterocycles. The number of halogens is 2. The van der Waals surface area contributed by atoms with Crippen LogP contribution in [0.4, 0.5) is 8.78 Å². The molecule has 0 aliphatic heterocycles. The zero-order chi connectivity index (χ0) is 10.5. The number of aromatic nitrogens is 2. The summed E-state index contributed by atoms with van der Waals surface area (Å²) in [6.45, 7) is 1.39. The average Bonchev–Trinajstić information content (AvgIpc) is 2.55. The monoisotopic (exact) mass is 202 g/mol. The van der Waals surface area contributed by atoms with Gasteiger partial charge in [-0.1, -0.05) is 6.92 Å². The molecule has 6 heteroatoms. The van der Waals surface area contributed by atoms with Gasteiger partial charge >= 0.3 is 5.97 Å². The van der Waals surface area contributed by atoms with E-state index in [0.717, 1.165) is 0 Å². The number of carbonyl (C=O) groups is 1. The molecule has 1 aliphatic rings. The molecule has 1 heterocycles. The second kappa shape index (κ2) is 2.52. The van der Waals surface area contributed by atoms with Crippen LogP contribution in [-0.2, 0) is 12.3 Å². The minimum atomic E-state index is -2.99. The zero-order valence-electron chi connectivity index (χ0n) is 7.34. The summed E-state index contributed by atoms with van der Waals surface area (Å²) in [6.07, 6.45) is 0.0560. The Bertz CT molecular complexity index is 400. The summed E-state index contributed by atoms with van der Waals surface area (Å²) in [5.41, 5.74) is -0.499. The molecule has 0 saturated heterocycles. The summed E-state index contributed by atoms with van der Waals surface area (Å²) < 4.78 is 26.7. The predicted molar refractivity (Wildman–Crippen MR) is 42.3 cm³/mol. The van der Waals surface area contributed by atoms with Crippen LogP contribution in [-0.4, -0.2) is 21.3 Å². The van der Waals surface area contributed by atoms with E-state index in [2.05, 4.69) is 10.2 Å². The number of carboxylic acid groups (broad SMARTS) is 1. The number of hydrogen-bond donors (Lipinski definition) is 2. The van der Waals surface area contributed by atoms with Crippen LogP contribution >= 0.6 is 0 Å². The number of nitrogens with one attached hydrogen (secondary N) is 1. The Labute approximate surface area is 77.9 Å². The van der Waals surface area contributed by atoms with Gasteiger partial charge in [-0.3, -0.25) is 5.10 Å². The normalized spacial score (nSPS) is 23.5. The fraction of sp³-hybridized carbons (Fsp3) is 0.500. The molecule has 1 atom stereocenters. The van der Waals surface area contributed by atoms with Gasteiger partial charge in [0.1, 0.15) is 5.69 Å². The molecule has 0 unspecified atom stereocenters. The second-order valence-electron chi connectivity index (χ2n) is 3.46. The van der Waals surface area contributed by atoms with Gasteiger partial charge in [-0.05, 0) is 6.42 Å². The number of fused-ring (bicyclic) bond motifs is 1. The van der Waals surface area contributed by atoms with E-state index in [1.807, 2.05) is 0 Å². The number of alkyl halides is 2. The molecule has 14 heavy (non-hydrogen) atoms. The summed E-state index contributed by atoms with van der Waals surface area (Å²) in [7, 11) is 0. The van der Waals surface area contributed by atoms with E-state index in [1.165, 1.54) is 6.92 Å². The van der Waals surface area contributed by atoms with Crippen molar-refractivity contribution in [3.63, 3.8) is 0 Å². The Kier molecular flexibility index (Phi) is 1.64. The van der Waals surface area contributed by atoms with E-state index in [9.17, 15) is 13.6 Å². The number of carboxylic acids is 1. The van der Waals surface area contributed by atoms with Gasteiger partial charge in [0.25, 0.3) is 5.92 Å². The van der Waals surface area contributed by atoms with E-state index in [1.54, 1.807) is 0 Å². The molecule has 2 rings (SSSR count). The smallest absolute Gasteiger partial charge is 0.356 e. The summed E-state index contributed by atoms with van der Waals surface area (Å²) in [6, 6.07) is 0. The van der Waals surface area contributed by atoms with Crippen molar-refractivity contribution in [3.8, 4) is 0 Å². The first-order valence-corrected chi connectivity index (χ1v) is 4.13. The maximum atomic E-state index is 13.3. The number of aromatic carboxylic acids is 1. The van der Waals surface area contributed by atoms with Crippen molar-refractivity contribution in [2.75, 3.05) is 0 Å². The van der Waals surface area contributed by atoms with Crippen molar-refractivity contribution in [1.29, 1.82) is 0 Å². The molecular formula is C8H8F2N2O2. The Morgan fingerprint density at radius 1 is 1.71 bits per heavy atom. The fourth-order valence-electron chi connectivity index (χ4n) is 1.70. The maximum Gasteiger partial charge on any atom is 0.356 e. The van der Waals surface area contributed by atoms with Crippen molar-refractivity contribution in [2.45, 2.75) is 19.3 Å². The van der Waals surface area contributed by atoms with Crippen LogP contribution in [0.5, 0.6) is 0 Å². The van der Waals surface area contributed by atoms with Gasteiger partial charge in [0.15, 0.2) is 5.69 Å². The molecule has 0 amide bonds. The third-order valence-corrected chi connectivity index (χ3v) is 2.53. The highest BCUT2D eigenvalue weighted by Gasteiger charge is 2.49. The third kappa shape index (κ3) is 0.964. The van der Waals surface area contributed by atoms with Crippen LogP contribution < -0.4 is 0 Å². The lowest BCUT2D eigenvalue weighted by Crippen LogP contribution is -2.18. The van der Waals surface area contributed by atoms with Gasteiger partial charge < -0.3 is 5.11 Å². The minimum Gasteiger partial charge on any atom is -0.476 e. The molecule has 2 N–H and O–H groups in total. The van der Waals surface area contributed by atoms with E-state index < -0.39 is 17.8 Å². The van der Waals surface area contributed by atoms with Crippen LogP contribution in [0.1, 0.15) is 28.7 Å². The lowest BCUT2D eigenvalue weighted by atomic mass is 10.1. The molecule has 0 bridgehead atoms. The van der Waals surface area contributed by atoms with Crippen molar-refractivity contribution < 1.29 is 18.7 Å². The summed E-state index contributed by atoms with van der Waals surface area (Å²) in [5, 5.41) is 14.1. The van der Waals surface area contributed by atoms with Crippen LogP contribution in [0, 0.1) is 5.92 Å². The summed E-state index contributed by atoms with van der Waals surface area (Å²) in [4.78, 5) is 10.6. The molecule has 76 valence electrons. The number of hydrogen-bond acceptors (Lipinski definition) is 2. The van der Waals surface area contributed by atoms with Gasteiger partial charge in [-0.15, -0.1) is 0 Å². The Morgan fingerprint density at radius 2 is 2.36 bits per heavy atom. The quantitative estimate of drug-likeness (QED) is 0.723. The van der Waals surface area contributed by atoms with Crippen LogP contribution in [0.3, 0.4) is 0 Å². The lowest BCUT2D eigenvalue weighted by molar-refractivity contribution is -0.0492. The third-order valence-electron chi connectivity index (χ3n) is 2.53. The highest BCUT2D eigenvalue weighted by atomic mass is 19.3. The highest BCUT2D eigenvalue weighted by molar-refractivity contribution is 5.87. The second-order valence-corrected chi connectivity index (χ2v) is 3.46. The van der Waals surface area contributed by atoms with Crippen molar-refractivity contribution >= 4 is 5.97 Å². The first-order valence-electron chi connectivity index (χ1n) is 4.13. The van der Waals surface area contributed by atoms with Crippen molar-refractivity contribution in [1.82, 2.24) is 10.2 Å². The number of rotatable bonds is 1. The number of aromatic amines is 1. The summed E-state index contributed by atoms with van der Waals surface area (Å²) in [5.74, 6) is -5.13. The largest absolute Gasteiger partial charge is 0.476 e. The molecule has 0 saturated carbocycles. The predicted octanol–water partition coefficient (Wildman–Crippen LogP) is 1.39. The molecular weight excluding hydrogens is 194 g/mol. The lowest BCUT2D eigenvalue weighted by Gasteiger charge is -2.13. The van der Waals surface area contributed by atoms with Crippen LogP contribution in [0.2, 0.25) is 0 Å². The molecule has 4 nitrogen and oxygen atoms in total. The molecule has 0 radical (unpaired) electrons. The van der Waals surface area contributed by atoms with E-state index in [4.69, 9.17) is 5.11 Å².